The van der Waals surface area contributed by atoms with E-state index in [0.29, 0.717) is 11.6 Å². The van der Waals surface area contributed by atoms with Crippen molar-refractivity contribution in [1.29, 1.82) is 0 Å². The van der Waals surface area contributed by atoms with E-state index in [1.807, 2.05) is 30.5 Å². The van der Waals surface area contributed by atoms with Crippen LogP contribution in [-0.4, -0.2) is 11.4 Å². The van der Waals surface area contributed by atoms with Crippen LogP contribution in [0.2, 0.25) is 5.02 Å². The summed E-state index contributed by atoms with van der Waals surface area (Å²) in [6.07, 6.45) is 2.05. The van der Waals surface area contributed by atoms with Crippen molar-refractivity contribution in [3.8, 4) is 5.75 Å². The fourth-order valence-electron chi connectivity index (χ4n) is 1.61. The molecule has 0 unspecified atom stereocenters. The first-order valence-corrected chi connectivity index (χ1v) is 7.15. The molecule has 2 aromatic carbocycles. The first-order valence-electron chi connectivity index (χ1n) is 5.55. The molecule has 0 spiro atoms. The Labute approximate surface area is 116 Å². The Hall–Kier alpha value is -1.32. The van der Waals surface area contributed by atoms with Crippen molar-refractivity contribution in [2.24, 2.45) is 0 Å². The zero-order chi connectivity index (χ0) is 13.0. The lowest BCUT2D eigenvalue weighted by atomic mass is 10.2. The van der Waals surface area contributed by atoms with Crippen LogP contribution in [0.15, 0.2) is 47.4 Å². The highest BCUT2D eigenvalue weighted by Gasteiger charge is 2.04. The fourth-order valence-corrected chi connectivity index (χ4v) is 2.21. The molecule has 2 rings (SSSR count). The van der Waals surface area contributed by atoms with Crippen LogP contribution in [0.3, 0.4) is 0 Å². The van der Waals surface area contributed by atoms with Crippen LogP contribution >= 0.6 is 23.4 Å². The zero-order valence-electron chi connectivity index (χ0n) is 9.98. The minimum Gasteiger partial charge on any atom is -0.506 e. The number of benzene rings is 2. The molecule has 0 fully saturated rings. The van der Waals surface area contributed by atoms with Gasteiger partial charge in [-0.25, -0.2) is 0 Å². The van der Waals surface area contributed by atoms with Gasteiger partial charge in [0.1, 0.15) is 5.75 Å². The Kier molecular flexibility index (Phi) is 4.39. The quantitative estimate of drug-likeness (QED) is 0.815. The maximum Gasteiger partial charge on any atom is 0.139 e. The summed E-state index contributed by atoms with van der Waals surface area (Å²) in [5.74, 6) is 0.146. The van der Waals surface area contributed by atoms with E-state index in [0.717, 1.165) is 11.3 Å². The lowest BCUT2D eigenvalue weighted by Gasteiger charge is -2.09. The van der Waals surface area contributed by atoms with Gasteiger partial charge in [-0.2, -0.15) is 0 Å². The molecule has 4 heteroatoms. The van der Waals surface area contributed by atoms with Gasteiger partial charge in [-0.15, -0.1) is 11.8 Å². The normalized spacial score (nSPS) is 10.3. The predicted octanol–water partition coefficient (Wildman–Crippen LogP) is 4.38. The smallest absolute Gasteiger partial charge is 0.139 e. The highest BCUT2D eigenvalue weighted by Crippen LogP contribution is 2.27. The van der Waals surface area contributed by atoms with Crippen LogP contribution in [-0.2, 0) is 6.54 Å². The summed E-state index contributed by atoms with van der Waals surface area (Å²) >= 11 is 7.57. The van der Waals surface area contributed by atoms with E-state index in [4.69, 9.17) is 11.6 Å². The zero-order valence-corrected chi connectivity index (χ0v) is 11.6. The SMILES string of the molecule is CSc1ccc(NCc2cccc(Cl)c2O)cc1. The Morgan fingerprint density at radius 2 is 1.89 bits per heavy atom. The average Bonchev–Trinajstić information content (AvgIpc) is 2.41. The summed E-state index contributed by atoms with van der Waals surface area (Å²) in [5, 5.41) is 13.4. The second-order valence-electron chi connectivity index (χ2n) is 3.83. The number of halogens is 1. The van der Waals surface area contributed by atoms with Gasteiger partial charge in [0.15, 0.2) is 0 Å². The third kappa shape index (κ3) is 3.12. The van der Waals surface area contributed by atoms with Gasteiger partial charge in [-0.05, 0) is 36.6 Å². The average molecular weight is 280 g/mol. The van der Waals surface area contributed by atoms with E-state index in [1.54, 1.807) is 17.8 Å². The maximum absolute atomic E-state index is 9.78. The molecule has 18 heavy (non-hydrogen) atoms. The number of para-hydroxylation sites is 1. The monoisotopic (exact) mass is 279 g/mol. The van der Waals surface area contributed by atoms with E-state index in [2.05, 4.69) is 17.4 Å². The highest BCUT2D eigenvalue weighted by molar-refractivity contribution is 7.98. The van der Waals surface area contributed by atoms with Crippen LogP contribution in [0.1, 0.15) is 5.56 Å². The van der Waals surface area contributed by atoms with Crippen LogP contribution in [0, 0.1) is 0 Å². The molecule has 0 aliphatic carbocycles. The largest absolute Gasteiger partial charge is 0.506 e. The Morgan fingerprint density at radius 3 is 2.56 bits per heavy atom. The van der Waals surface area contributed by atoms with E-state index in [-0.39, 0.29) is 5.75 Å². The summed E-state index contributed by atoms with van der Waals surface area (Å²) in [6.45, 7) is 0.547. The van der Waals surface area contributed by atoms with Crippen molar-refractivity contribution in [3.63, 3.8) is 0 Å². The molecule has 2 aromatic rings. The highest BCUT2D eigenvalue weighted by atomic mass is 35.5. The lowest BCUT2D eigenvalue weighted by Crippen LogP contribution is -1.99. The first kappa shape index (κ1) is 13.1. The number of aromatic hydroxyl groups is 1. The molecule has 0 atom stereocenters. The van der Waals surface area contributed by atoms with Gasteiger partial charge in [0.2, 0.25) is 0 Å². The molecule has 0 amide bonds. The summed E-state index contributed by atoms with van der Waals surface area (Å²) in [5.41, 5.74) is 1.81. The molecule has 0 heterocycles. The van der Waals surface area contributed by atoms with E-state index in [9.17, 15) is 5.11 Å². The van der Waals surface area contributed by atoms with E-state index >= 15 is 0 Å². The van der Waals surface area contributed by atoms with Crippen LogP contribution in [0.5, 0.6) is 5.75 Å². The second-order valence-corrected chi connectivity index (χ2v) is 5.12. The minimum atomic E-state index is 0.146. The van der Waals surface area contributed by atoms with Crippen LogP contribution < -0.4 is 5.32 Å². The molecule has 2 N–H and O–H groups in total. The molecule has 94 valence electrons. The Balaban J connectivity index is 2.04. The third-order valence-electron chi connectivity index (χ3n) is 2.64. The summed E-state index contributed by atoms with van der Waals surface area (Å²) in [6, 6.07) is 13.5. The number of phenolic OH excluding ortho intramolecular Hbond substituents is 1. The molecule has 0 aliphatic heterocycles. The Bertz CT molecular complexity index is 528. The molecule has 0 saturated carbocycles. The van der Waals surface area contributed by atoms with Crippen LogP contribution in [0.25, 0.3) is 0 Å². The minimum absolute atomic E-state index is 0.146. The van der Waals surface area contributed by atoms with Gasteiger partial charge in [0.25, 0.3) is 0 Å². The Morgan fingerprint density at radius 1 is 1.17 bits per heavy atom. The molecule has 0 aliphatic rings. The van der Waals surface area contributed by atoms with Gasteiger partial charge < -0.3 is 10.4 Å². The van der Waals surface area contributed by atoms with Gasteiger partial charge in [-0.1, -0.05) is 23.7 Å². The summed E-state index contributed by atoms with van der Waals surface area (Å²) in [7, 11) is 0. The van der Waals surface area contributed by atoms with Crippen molar-refractivity contribution in [3.05, 3.63) is 53.1 Å². The third-order valence-corrected chi connectivity index (χ3v) is 3.69. The number of rotatable bonds is 4. The standard InChI is InChI=1S/C14H14ClNOS/c1-18-12-7-5-11(6-8-12)16-9-10-3-2-4-13(15)14(10)17/h2-8,16-17H,9H2,1H3. The molecule has 0 aromatic heterocycles. The summed E-state index contributed by atoms with van der Waals surface area (Å²) in [4.78, 5) is 1.23. The van der Waals surface area contributed by atoms with E-state index in [1.165, 1.54) is 4.90 Å². The molecule has 0 saturated heterocycles. The maximum atomic E-state index is 9.78. The number of hydrogen-bond donors (Lipinski definition) is 2. The molecular weight excluding hydrogens is 266 g/mol. The van der Waals surface area contributed by atoms with Crippen molar-refractivity contribution in [1.82, 2.24) is 0 Å². The second kappa shape index (κ2) is 6.03. The van der Waals surface area contributed by atoms with Gasteiger partial charge >= 0.3 is 0 Å². The number of hydrogen-bond acceptors (Lipinski definition) is 3. The molecule has 0 radical (unpaired) electrons. The lowest BCUT2D eigenvalue weighted by molar-refractivity contribution is 0.469. The number of anilines is 1. The van der Waals surface area contributed by atoms with Gasteiger partial charge in [0, 0.05) is 22.7 Å². The molecule has 0 bridgehead atoms. The van der Waals surface area contributed by atoms with Crippen molar-refractivity contribution in [2.45, 2.75) is 11.4 Å². The summed E-state index contributed by atoms with van der Waals surface area (Å²) < 4.78 is 0. The topological polar surface area (TPSA) is 32.3 Å². The van der Waals surface area contributed by atoms with E-state index < -0.39 is 0 Å². The van der Waals surface area contributed by atoms with Crippen molar-refractivity contribution in [2.75, 3.05) is 11.6 Å². The van der Waals surface area contributed by atoms with Gasteiger partial charge in [0.05, 0.1) is 5.02 Å². The first-order chi connectivity index (χ1) is 8.70. The van der Waals surface area contributed by atoms with Crippen LogP contribution in [0.4, 0.5) is 5.69 Å². The molecule has 2 nitrogen and oxygen atoms in total. The predicted molar refractivity (Wildman–Crippen MR) is 78.7 cm³/mol. The number of nitrogens with one attached hydrogen (secondary N) is 1. The van der Waals surface area contributed by atoms with Crippen molar-refractivity contribution >= 4 is 29.1 Å². The van der Waals surface area contributed by atoms with Gasteiger partial charge in [-0.3, -0.25) is 0 Å². The number of thioether (sulfide) groups is 1. The van der Waals surface area contributed by atoms with Crippen molar-refractivity contribution < 1.29 is 5.11 Å². The number of phenols is 1. The fraction of sp³-hybridized carbons (Fsp3) is 0.143. The molecular formula is C14H14ClNOS.